The molecule has 0 spiro atoms. The van der Waals surface area contributed by atoms with Crippen LogP contribution in [0.5, 0.6) is 0 Å². The van der Waals surface area contributed by atoms with Crippen LogP contribution in [0.25, 0.3) is 0 Å². The first-order valence-electron chi connectivity index (χ1n) is 6.72. The Morgan fingerprint density at radius 1 is 1.33 bits per heavy atom. The number of halogens is 1. The van der Waals surface area contributed by atoms with Crippen molar-refractivity contribution < 1.29 is 4.79 Å². The fourth-order valence-corrected chi connectivity index (χ4v) is 3.80. The summed E-state index contributed by atoms with van der Waals surface area (Å²) in [6, 6.07) is 8.09. The zero-order valence-corrected chi connectivity index (χ0v) is 14.4. The summed E-state index contributed by atoms with van der Waals surface area (Å²) in [5.74, 6) is 1.33. The summed E-state index contributed by atoms with van der Waals surface area (Å²) in [7, 11) is 0. The largest absolute Gasteiger partial charge is 0.301 e. The van der Waals surface area contributed by atoms with E-state index in [0.29, 0.717) is 17.5 Å². The molecule has 0 radical (unpaired) electrons. The highest BCUT2D eigenvalue weighted by Crippen LogP contribution is 2.42. The smallest absolute Gasteiger partial charge is 0.227 e. The molecule has 1 saturated carbocycles. The van der Waals surface area contributed by atoms with Crippen LogP contribution in [0.15, 0.2) is 33.6 Å². The number of nitrogens with zero attached hydrogens (tertiary/aromatic N) is 2. The summed E-state index contributed by atoms with van der Waals surface area (Å²) >= 11 is 6.58. The van der Waals surface area contributed by atoms with Crippen molar-refractivity contribution in [1.29, 1.82) is 0 Å². The molecule has 1 amide bonds. The first kappa shape index (κ1) is 15.0. The fourth-order valence-electron chi connectivity index (χ4n) is 1.75. The topological polar surface area (TPSA) is 54.9 Å². The predicted molar refractivity (Wildman–Crippen MR) is 90.0 cm³/mol. The number of carbonyl (C=O) groups excluding carboxylic acids is 1. The van der Waals surface area contributed by atoms with Crippen LogP contribution < -0.4 is 5.32 Å². The first-order chi connectivity index (χ1) is 10.2. The first-order valence-corrected chi connectivity index (χ1v) is 9.32. The summed E-state index contributed by atoms with van der Waals surface area (Å²) in [4.78, 5) is 13.0. The third-order valence-corrected chi connectivity index (χ3v) is 5.57. The van der Waals surface area contributed by atoms with Crippen molar-refractivity contribution in [2.45, 2.75) is 30.1 Å². The number of carbonyl (C=O) groups is 1. The Kier molecular flexibility index (Phi) is 4.92. The lowest BCUT2D eigenvalue weighted by Crippen LogP contribution is -2.11. The van der Waals surface area contributed by atoms with E-state index in [9.17, 15) is 4.79 Å². The summed E-state index contributed by atoms with van der Waals surface area (Å²) in [6.07, 6.45) is 2.87. The summed E-state index contributed by atoms with van der Waals surface area (Å²) in [5, 5.41) is 12.6. The van der Waals surface area contributed by atoms with E-state index in [0.717, 1.165) is 20.1 Å². The van der Waals surface area contributed by atoms with Crippen molar-refractivity contribution in [3.8, 4) is 0 Å². The SMILES string of the molecule is O=C(CCSc1ccc(Br)cc1)Nc1nnc(C2CC2)s1. The number of amides is 1. The van der Waals surface area contributed by atoms with Gasteiger partial charge in [0.05, 0.1) is 0 Å². The molecule has 1 N–H and O–H groups in total. The lowest BCUT2D eigenvalue weighted by Gasteiger charge is -2.02. The standard InChI is InChI=1S/C14H14BrN3OS2/c15-10-3-5-11(6-4-10)20-8-7-12(19)16-14-18-17-13(21-14)9-1-2-9/h3-6,9H,1-2,7-8H2,(H,16,18,19). The Hall–Kier alpha value is -0.920. The van der Waals surface area contributed by atoms with E-state index in [4.69, 9.17) is 0 Å². The fraction of sp³-hybridized carbons (Fsp3) is 0.357. The van der Waals surface area contributed by atoms with E-state index in [2.05, 4.69) is 31.4 Å². The third-order valence-electron chi connectivity index (χ3n) is 3.03. The number of rotatable bonds is 6. The molecule has 0 bridgehead atoms. The molecule has 110 valence electrons. The van der Waals surface area contributed by atoms with Gasteiger partial charge >= 0.3 is 0 Å². The highest BCUT2D eigenvalue weighted by molar-refractivity contribution is 9.10. The zero-order chi connectivity index (χ0) is 14.7. The van der Waals surface area contributed by atoms with Crippen LogP contribution in [-0.2, 0) is 4.79 Å². The van der Waals surface area contributed by atoms with Gasteiger partial charge in [0.1, 0.15) is 5.01 Å². The number of benzene rings is 1. The molecule has 1 aliphatic rings. The average Bonchev–Trinajstić information content (AvgIpc) is 3.22. The van der Waals surface area contributed by atoms with E-state index >= 15 is 0 Å². The number of nitrogens with one attached hydrogen (secondary N) is 1. The molecule has 1 aliphatic carbocycles. The van der Waals surface area contributed by atoms with Gasteiger partial charge in [-0.1, -0.05) is 27.3 Å². The van der Waals surface area contributed by atoms with Crippen molar-refractivity contribution >= 4 is 50.1 Å². The molecule has 0 unspecified atom stereocenters. The molecule has 0 atom stereocenters. The summed E-state index contributed by atoms with van der Waals surface area (Å²) in [6.45, 7) is 0. The highest BCUT2D eigenvalue weighted by atomic mass is 79.9. The van der Waals surface area contributed by atoms with Gasteiger partial charge in [-0.2, -0.15) is 0 Å². The minimum atomic E-state index is -0.00175. The second-order valence-corrected chi connectivity index (χ2v) is 7.91. The summed E-state index contributed by atoms with van der Waals surface area (Å²) in [5.41, 5.74) is 0. The zero-order valence-electron chi connectivity index (χ0n) is 11.2. The van der Waals surface area contributed by atoms with Crippen molar-refractivity contribution in [3.05, 3.63) is 33.7 Å². The Balaban J connectivity index is 1.42. The van der Waals surface area contributed by atoms with E-state index in [1.807, 2.05) is 24.3 Å². The molecule has 21 heavy (non-hydrogen) atoms. The Morgan fingerprint density at radius 3 is 2.81 bits per heavy atom. The Labute approximate surface area is 139 Å². The molecule has 2 aromatic rings. The van der Waals surface area contributed by atoms with Crippen LogP contribution in [0, 0.1) is 0 Å². The minimum absolute atomic E-state index is 0.00175. The van der Waals surface area contributed by atoms with Crippen LogP contribution in [-0.4, -0.2) is 21.9 Å². The molecule has 7 heteroatoms. The van der Waals surface area contributed by atoms with Crippen molar-refractivity contribution in [2.75, 3.05) is 11.1 Å². The van der Waals surface area contributed by atoms with Crippen LogP contribution in [0.2, 0.25) is 0 Å². The normalized spacial score (nSPS) is 14.1. The monoisotopic (exact) mass is 383 g/mol. The molecule has 3 rings (SSSR count). The lowest BCUT2D eigenvalue weighted by atomic mass is 10.4. The van der Waals surface area contributed by atoms with Gasteiger partial charge in [0.15, 0.2) is 0 Å². The van der Waals surface area contributed by atoms with Gasteiger partial charge in [0.25, 0.3) is 0 Å². The van der Waals surface area contributed by atoms with Gasteiger partial charge in [-0.25, -0.2) is 0 Å². The maximum Gasteiger partial charge on any atom is 0.227 e. The molecular weight excluding hydrogens is 370 g/mol. The molecule has 1 heterocycles. The van der Waals surface area contributed by atoms with Crippen molar-refractivity contribution in [1.82, 2.24) is 10.2 Å². The quantitative estimate of drug-likeness (QED) is 0.755. The molecular formula is C14H14BrN3OS2. The van der Waals surface area contributed by atoms with E-state index < -0.39 is 0 Å². The minimum Gasteiger partial charge on any atom is -0.301 e. The molecule has 1 fully saturated rings. The predicted octanol–water partition coefficient (Wildman–Crippen LogP) is 4.30. The molecule has 0 saturated heterocycles. The number of thioether (sulfide) groups is 1. The molecule has 0 aliphatic heterocycles. The summed E-state index contributed by atoms with van der Waals surface area (Å²) < 4.78 is 1.06. The Bertz CT molecular complexity index is 625. The van der Waals surface area contributed by atoms with Crippen LogP contribution in [0.1, 0.15) is 30.2 Å². The second kappa shape index (κ2) is 6.89. The molecule has 4 nitrogen and oxygen atoms in total. The van der Waals surface area contributed by atoms with Crippen molar-refractivity contribution in [3.63, 3.8) is 0 Å². The van der Waals surface area contributed by atoms with Crippen LogP contribution in [0.3, 0.4) is 0 Å². The van der Waals surface area contributed by atoms with Gasteiger partial charge in [-0.15, -0.1) is 22.0 Å². The van der Waals surface area contributed by atoms with Gasteiger partial charge in [-0.3, -0.25) is 4.79 Å². The molecule has 1 aromatic heterocycles. The Morgan fingerprint density at radius 2 is 2.10 bits per heavy atom. The lowest BCUT2D eigenvalue weighted by molar-refractivity contribution is -0.115. The number of hydrogen-bond acceptors (Lipinski definition) is 5. The highest BCUT2D eigenvalue weighted by Gasteiger charge is 2.27. The van der Waals surface area contributed by atoms with Crippen molar-refractivity contribution in [2.24, 2.45) is 0 Å². The maximum absolute atomic E-state index is 11.9. The van der Waals surface area contributed by atoms with Gasteiger partial charge in [0.2, 0.25) is 11.0 Å². The van der Waals surface area contributed by atoms with Crippen LogP contribution in [0.4, 0.5) is 5.13 Å². The van der Waals surface area contributed by atoms with Crippen LogP contribution >= 0.6 is 39.0 Å². The van der Waals surface area contributed by atoms with E-state index in [-0.39, 0.29) is 5.91 Å². The molecule has 1 aromatic carbocycles. The third kappa shape index (κ3) is 4.52. The van der Waals surface area contributed by atoms with Gasteiger partial charge in [-0.05, 0) is 37.1 Å². The number of hydrogen-bond donors (Lipinski definition) is 1. The van der Waals surface area contributed by atoms with Gasteiger partial charge < -0.3 is 5.32 Å². The maximum atomic E-state index is 11.9. The number of aromatic nitrogens is 2. The van der Waals surface area contributed by atoms with E-state index in [1.54, 1.807) is 11.8 Å². The van der Waals surface area contributed by atoms with E-state index in [1.165, 1.54) is 24.2 Å². The van der Waals surface area contributed by atoms with Gasteiger partial charge in [0, 0.05) is 27.5 Å². The number of anilines is 1. The average molecular weight is 384 g/mol. The second-order valence-electron chi connectivity index (χ2n) is 4.82.